The van der Waals surface area contributed by atoms with Crippen LogP contribution in [-0.4, -0.2) is 9.97 Å². The molecule has 2 aromatic rings. The molecule has 0 amide bonds. The lowest BCUT2D eigenvalue weighted by molar-refractivity contribution is 0.518. The summed E-state index contributed by atoms with van der Waals surface area (Å²) in [6.45, 7) is 2.30. The summed E-state index contributed by atoms with van der Waals surface area (Å²) in [5.74, 6) is 0.458. The van der Waals surface area contributed by atoms with Gasteiger partial charge in [-0.25, -0.2) is 4.98 Å². The van der Waals surface area contributed by atoms with Crippen LogP contribution in [0.3, 0.4) is 0 Å². The number of aromatic amines is 1. The largest absolute Gasteiger partial charge is 0.348 e. The first-order valence-corrected chi connectivity index (χ1v) is 14.9. The highest BCUT2D eigenvalue weighted by molar-refractivity contribution is 5.27. The van der Waals surface area contributed by atoms with Crippen LogP contribution in [-0.2, 0) is 0 Å². The Morgan fingerprint density at radius 1 is 0.588 bits per heavy atom. The molecular weight excluding hydrogens is 412 g/mol. The normalized spacial score (nSPS) is 12.3. The molecule has 192 valence electrons. The molecule has 2 heteroatoms. The van der Waals surface area contributed by atoms with Gasteiger partial charge in [-0.15, -0.1) is 0 Å². The van der Waals surface area contributed by atoms with Crippen molar-refractivity contribution in [1.82, 2.24) is 9.97 Å². The van der Waals surface area contributed by atoms with Crippen LogP contribution in [0.25, 0.3) is 0 Å². The van der Waals surface area contributed by atoms with E-state index in [9.17, 15) is 0 Å². The highest BCUT2D eigenvalue weighted by Gasteiger charge is 2.14. The van der Waals surface area contributed by atoms with Crippen molar-refractivity contribution in [3.05, 3.63) is 54.1 Å². The number of benzene rings is 1. The number of aromatic nitrogens is 2. The van der Waals surface area contributed by atoms with Crippen LogP contribution in [0.5, 0.6) is 0 Å². The van der Waals surface area contributed by atoms with Crippen molar-refractivity contribution in [2.75, 3.05) is 0 Å². The van der Waals surface area contributed by atoms with Crippen LogP contribution in [0.1, 0.15) is 159 Å². The Labute approximate surface area is 211 Å². The van der Waals surface area contributed by atoms with E-state index in [1.807, 2.05) is 12.5 Å². The standard InChI is InChI=1S/C32H54N2/c1-2-3-4-5-6-7-8-9-10-11-12-13-14-15-16-17-18-19-20-24-27-31(32-28-33-29-34-32)30-25-22-21-23-26-30/h21-23,25-26,28-29,31H,2-20,24,27H2,1H3,(H,33,34). The van der Waals surface area contributed by atoms with E-state index < -0.39 is 0 Å². The van der Waals surface area contributed by atoms with Crippen LogP contribution < -0.4 is 0 Å². The number of nitrogens with one attached hydrogen (secondary N) is 1. The monoisotopic (exact) mass is 466 g/mol. The maximum absolute atomic E-state index is 4.25. The predicted octanol–water partition coefficient (Wildman–Crippen LogP) is 10.8. The number of unbranched alkanes of at least 4 members (excludes halogenated alkanes) is 19. The lowest BCUT2D eigenvalue weighted by atomic mass is 9.90. The fourth-order valence-electron chi connectivity index (χ4n) is 5.25. The SMILES string of the molecule is CCCCCCCCCCCCCCCCCCCCCCC(c1ccccc1)c1cnc[nH]1. The molecular formula is C32H54N2. The van der Waals surface area contributed by atoms with Gasteiger partial charge in [0.2, 0.25) is 0 Å². The predicted molar refractivity (Wildman–Crippen MR) is 150 cm³/mol. The zero-order chi connectivity index (χ0) is 23.9. The molecule has 0 fully saturated rings. The summed E-state index contributed by atoms with van der Waals surface area (Å²) >= 11 is 0. The Bertz CT molecular complexity index is 649. The Morgan fingerprint density at radius 2 is 1.03 bits per heavy atom. The number of H-pyrrole nitrogens is 1. The fraction of sp³-hybridized carbons (Fsp3) is 0.719. The van der Waals surface area contributed by atoms with Gasteiger partial charge in [-0.1, -0.05) is 166 Å². The topological polar surface area (TPSA) is 28.7 Å². The minimum Gasteiger partial charge on any atom is -0.348 e. The quantitative estimate of drug-likeness (QED) is 0.162. The third-order valence-electron chi connectivity index (χ3n) is 7.44. The Morgan fingerprint density at radius 3 is 1.44 bits per heavy atom. The van der Waals surface area contributed by atoms with Crippen LogP contribution in [0.15, 0.2) is 42.9 Å². The summed E-state index contributed by atoms with van der Waals surface area (Å²) in [6.07, 6.45) is 33.8. The highest BCUT2D eigenvalue weighted by Crippen LogP contribution is 2.28. The molecule has 34 heavy (non-hydrogen) atoms. The summed E-state index contributed by atoms with van der Waals surface area (Å²) in [5.41, 5.74) is 2.66. The zero-order valence-corrected chi connectivity index (χ0v) is 22.4. The van der Waals surface area contributed by atoms with Gasteiger partial charge in [0.05, 0.1) is 6.33 Å². The third-order valence-corrected chi connectivity index (χ3v) is 7.44. The van der Waals surface area contributed by atoms with Gasteiger partial charge in [-0.2, -0.15) is 0 Å². The molecule has 0 saturated carbocycles. The Kier molecular flexibility index (Phi) is 17.5. The summed E-state index contributed by atoms with van der Waals surface area (Å²) in [5, 5.41) is 0. The van der Waals surface area contributed by atoms with Gasteiger partial charge in [0, 0.05) is 17.8 Å². The maximum Gasteiger partial charge on any atom is 0.0921 e. The van der Waals surface area contributed by atoms with E-state index in [1.165, 1.54) is 146 Å². The smallest absolute Gasteiger partial charge is 0.0921 e. The van der Waals surface area contributed by atoms with Crippen LogP contribution in [0.2, 0.25) is 0 Å². The van der Waals surface area contributed by atoms with E-state index in [1.54, 1.807) is 0 Å². The molecule has 1 N–H and O–H groups in total. The Balaban J connectivity index is 1.34. The molecule has 1 aromatic carbocycles. The fourth-order valence-corrected chi connectivity index (χ4v) is 5.25. The number of hydrogen-bond acceptors (Lipinski definition) is 1. The van der Waals surface area contributed by atoms with Crippen molar-refractivity contribution in [3.63, 3.8) is 0 Å². The van der Waals surface area contributed by atoms with E-state index in [-0.39, 0.29) is 0 Å². The van der Waals surface area contributed by atoms with Crippen molar-refractivity contribution < 1.29 is 0 Å². The van der Waals surface area contributed by atoms with Crippen molar-refractivity contribution in [3.8, 4) is 0 Å². The minimum absolute atomic E-state index is 0.458. The van der Waals surface area contributed by atoms with Crippen LogP contribution in [0.4, 0.5) is 0 Å². The van der Waals surface area contributed by atoms with E-state index >= 15 is 0 Å². The van der Waals surface area contributed by atoms with Crippen molar-refractivity contribution >= 4 is 0 Å². The molecule has 1 aromatic heterocycles. The molecule has 0 aliphatic carbocycles. The second-order valence-electron chi connectivity index (χ2n) is 10.5. The molecule has 1 atom stereocenters. The molecule has 0 aliphatic rings. The second-order valence-corrected chi connectivity index (χ2v) is 10.5. The molecule has 2 nitrogen and oxygen atoms in total. The first-order valence-electron chi connectivity index (χ1n) is 14.9. The molecule has 0 spiro atoms. The number of rotatable bonds is 23. The molecule has 2 rings (SSSR count). The minimum atomic E-state index is 0.458. The Hall–Kier alpha value is -1.57. The molecule has 0 radical (unpaired) electrons. The number of nitrogens with zero attached hydrogens (tertiary/aromatic N) is 1. The second kappa shape index (κ2) is 20.8. The van der Waals surface area contributed by atoms with Crippen molar-refractivity contribution in [2.24, 2.45) is 0 Å². The van der Waals surface area contributed by atoms with Crippen LogP contribution >= 0.6 is 0 Å². The van der Waals surface area contributed by atoms with Crippen molar-refractivity contribution in [1.29, 1.82) is 0 Å². The van der Waals surface area contributed by atoms with Gasteiger partial charge in [-0.05, 0) is 12.0 Å². The van der Waals surface area contributed by atoms with E-state index in [0.29, 0.717) is 5.92 Å². The van der Waals surface area contributed by atoms with Gasteiger partial charge in [-0.3, -0.25) is 0 Å². The molecule has 0 saturated heterocycles. The van der Waals surface area contributed by atoms with Gasteiger partial charge in [0.25, 0.3) is 0 Å². The summed E-state index contributed by atoms with van der Waals surface area (Å²) in [7, 11) is 0. The molecule has 0 aliphatic heterocycles. The third kappa shape index (κ3) is 14.0. The molecule has 1 heterocycles. The summed E-state index contributed by atoms with van der Waals surface area (Å²) in [6, 6.07) is 10.9. The average Bonchev–Trinajstić information content (AvgIpc) is 3.40. The lowest BCUT2D eigenvalue weighted by Gasteiger charge is -2.15. The molecule has 1 unspecified atom stereocenters. The van der Waals surface area contributed by atoms with Crippen molar-refractivity contribution in [2.45, 2.75) is 148 Å². The highest BCUT2D eigenvalue weighted by atomic mass is 14.9. The van der Waals surface area contributed by atoms with E-state index in [2.05, 4.69) is 47.2 Å². The molecule has 0 bridgehead atoms. The number of hydrogen-bond donors (Lipinski definition) is 1. The van der Waals surface area contributed by atoms with E-state index in [4.69, 9.17) is 0 Å². The van der Waals surface area contributed by atoms with Gasteiger partial charge < -0.3 is 4.98 Å². The number of imidazole rings is 1. The summed E-state index contributed by atoms with van der Waals surface area (Å²) < 4.78 is 0. The van der Waals surface area contributed by atoms with Gasteiger partial charge in [0.1, 0.15) is 0 Å². The summed E-state index contributed by atoms with van der Waals surface area (Å²) in [4.78, 5) is 7.58. The van der Waals surface area contributed by atoms with Gasteiger partial charge in [0.15, 0.2) is 0 Å². The maximum atomic E-state index is 4.25. The first-order chi connectivity index (χ1) is 16.9. The van der Waals surface area contributed by atoms with Gasteiger partial charge >= 0.3 is 0 Å². The zero-order valence-electron chi connectivity index (χ0n) is 22.4. The average molecular weight is 467 g/mol. The first kappa shape index (κ1) is 28.7. The lowest BCUT2D eigenvalue weighted by Crippen LogP contribution is -2.01. The van der Waals surface area contributed by atoms with Crippen LogP contribution in [0, 0.1) is 0 Å². The van der Waals surface area contributed by atoms with E-state index in [0.717, 1.165) is 0 Å².